The molecule has 3 fully saturated rings. The van der Waals surface area contributed by atoms with Crippen LogP contribution in [0.25, 0.3) is 0 Å². The van der Waals surface area contributed by atoms with Crippen molar-refractivity contribution in [3.8, 4) is 5.75 Å². The number of fused-ring (bicyclic) bond motifs is 5. The summed E-state index contributed by atoms with van der Waals surface area (Å²) < 4.78 is 11.0. The van der Waals surface area contributed by atoms with E-state index in [1.54, 1.807) is 0 Å². The van der Waals surface area contributed by atoms with Gasteiger partial charge in [-0.2, -0.15) is 0 Å². The highest BCUT2D eigenvalue weighted by molar-refractivity contribution is 6.24. The van der Waals surface area contributed by atoms with E-state index in [2.05, 4.69) is 0 Å². The van der Waals surface area contributed by atoms with E-state index in [-0.39, 0.29) is 17.1 Å². The number of methoxy groups -OCH3 is 1. The Hall–Kier alpha value is -2.48. The number of amides is 2. The van der Waals surface area contributed by atoms with Crippen LogP contribution in [0.15, 0.2) is 18.2 Å². The van der Waals surface area contributed by atoms with Gasteiger partial charge in [0, 0.05) is 0 Å². The molecule has 132 valence electrons. The predicted molar refractivity (Wildman–Crippen MR) is 86.3 cm³/mol. The summed E-state index contributed by atoms with van der Waals surface area (Å²) in [6.07, 6.45) is 1.39. The molecular weight excluding hydrogens is 328 g/mol. The minimum Gasteiger partial charge on any atom is -0.496 e. The minimum absolute atomic E-state index is 0.0122. The quantitative estimate of drug-likeness (QED) is 0.472. The van der Waals surface area contributed by atoms with Gasteiger partial charge in [-0.1, -0.05) is 0 Å². The summed E-state index contributed by atoms with van der Waals surface area (Å²) in [5, 5.41) is 11.4. The van der Waals surface area contributed by atoms with Gasteiger partial charge in [0.05, 0.1) is 41.1 Å². The van der Waals surface area contributed by atoms with E-state index in [1.165, 1.54) is 25.3 Å². The topological polar surface area (TPSA) is 99.0 Å². The van der Waals surface area contributed by atoms with Crippen LogP contribution in [0.1, 0.15) is 26.7 Å². The third-order valence-corrected chi connectivity index (χ3v) is 5.83. The lowest BCUT2D eigenvalue weighted by Gasteiger charge is -2.27. The second kappa shape index (κ2) is 4.78. The van der Waals surface area contributed by atoms with Gasteiger partial charge < -0.3 is 9.47 Å². The first-order valence-corrected chi connectivity index (χ1v) is 8.12. The van der Waals surface area contributed by atoms with Crippen LogP contribution in [0.3, 0.4) is 0 Å². The molecule has 0 radical (unpaired) electrons. The molecule has 4 rings (SSSR count). The van der Waals surface area contributed by atoms with Crippen LogP contribution in [0.4, 0.5) is 11.4 Å². The van der Waals surface area contributed by atoms with Crippen LogP contribution in [-0.2, 0) is 14.3 Å². The summed E-state index contributed by atoms with van der Waals surface area (Å²) in [5.41, 5.74) is -1.73. The summed E-state index contributed by atoms with van der Waals surface area (Å²) in [5.74, 6) is -1.75. The lowest BCUT2D eigenvalue weighted by molar-refractivity contribution is -0.384. The number of hydrogen-bond acceptors (Lipinski definition) is 6. The van der Waals surface area contributed by atoms with Crippen molar-refractivity contribution in [3.05, 3.63) is 28.3 Å². The molecule has 8 heteroatoms. The molecule has 4 atom stereocenters. The molecule has 1 aromatic rings. The number of nitro groups is 1. The molecule has 3 heterocycles. The molecular formula is C17H18N2O6. The van der Waals surface area contributed by atoms with E-state index in [9.17, 15) is 19.7 Å². The number of anilines is 1. The molecule has 4 unspecified atom stereocenters. The summed E-state index contributed by atoms with van der Waals surface area (Å²) >= 11 is 0. The van der Waals surface area contributed by atoms with Gasteiger partial charge in [-0.05, 0) is 38.8 Å². The average Bonchev–Trinajstić information content (AvgIpc) is 3.11. The Kier molecular flexibility index (Phi) is 3.06. The molecule has 25 heavy (non-hydrogen) atoms. The van der Waals surface area contributed by atoms with Gasteiger partial charge in [-0.15, -0.1) is 0 Å². The van der Waals surface area contributed by atoms with Crippen molar-refractivity contribution in [1.29, 1.82) is 0 Å². The number of nitro benzene ring substituents is 1. The first kappa shape index (κ1) is 16.0. The van der Waals surface area contributed by atoms with Crippen molar-refractivity contribution in [1.82, 2.24) is 0 Å². The van der Waals surface area contributed by atoms with Crippen LogP contribution in [0.5, 0.6) is 5.75 Å². The Morgan fingerprint density at radius 3 is 2.24 bits per heavy atom. The Morgan fingerprint density at radius 2 is 1.76 bits per heavy atom. The largest absolute Gasteiger partial charge is 0.496 e. The Morgan fingerprint density at radius 1 is 1.20 bits per heavy atom. The second-order valence-electron chi connectivity index (χ2n) is 7.31. The third-order valence-electron chi connectivity index (χ3n) is 5.83. The van der Waals surface area contributed by atoms with Crippen molar-refractivity contribution in [2.75, 3.05) is 12.0 Å². The maximum Gasteiger partial charge on any atom is 0.297 e. The number of carbonyl (C=O) groups excluding carboxylic acids is 2. The number of rotatable bonds is 3. The average molecular weight is 346 g/mol. The molecule has 3 aliphatic rings. The van der Waals surface area contributed by atoms with Crippen molar-refractivity contribution >= 4 is 23.2 Å². The van der Waals surface area contributed by atoms with Crippen LogP contribution >= 0.6 is 0 Å². The number of hydrogen-bond donors (Lipinski definition) is 0. The lowest BCUT2D eigenvalue weighted by atomic mass is 9.69. The van der Waals surface area contributed by atoms with Gasteiger partial charge in [0.15, 0.2) is 0 Å². The van der Waals surface area contributed by atoms with Crippen molar-refractivity contribution in [3.63, 3.8) is 0 Å². The van der Waals surface area contributed by atoms with E-state index >= 15 is 0 Å². The molecule has 3 saturated heterocycles. The van der Waals surface area contributed by atoms with Gasteiger partial charge in [-0.25, -0.2) is 4.90 Å². The van der Waals surface area contributed by atoms with E-state index in [0.29, 0.717) is 12.8 Å². The SMILES string of the molecule is COc1ccc(N2C(=O)C3C(C2=O)C2(C)CCC3(C)O2)c([N+](=O)[O-])c1. The zero-order valence-electron chi connectivity index (χ0n) is 14.1. The maximum atomic E-state index is 13.0. The molecule has 0 saturated carbocycles. The smallest absolute Gasteiger partial charge is 0.297 e. The number of benzene rings is 1. The minimum atomic E-state index is -0.692. The highest BCUT2D eigenvalue weighted by atomic mass is 16.6. The number of carbonyl (C=O) groups is 2. The molecule has 0 aliphatic carbocycles. The van der Waals surface area contributed by atoms with Crippen LogP contribution < -0.4 is 9.64 Å². The van der Waals surface area contributed by atoms with Crippen LogP contribution in [0, 0.1) is 22.0 Å². The van der Waals surface area contributed by atoms with Gasteiger partial charge in [0.2, 0.25) is 11.8 Å². The molecule has 2 bridgehead atoms. The van der Waals surface area contributed by atoms with Gasteiger partial charge in [0.25, 0.3) is 5.69 Å². The zero-order chi connectivity index (χ0) is 18.1. The van der Waals surface area contributed by atoms with Crippen molar-refractivity contribution in [2.24, 2.45) is 11.8 Å². The van der Waals surface area contributed by atoms with Gasteiger partial charge in [0.1, 0.15) is 11.4 Å². The zero-order valence-corrected chi connectivity index (χ0v) is 14.1. The maximum absolute atomic E-state index is 13.0. The van der Waals surface area contributed by atoms with Gasteiger partial charge in [-0.3, -0.25) is 19.7 Å². The summed E-state index contributed by atoms with van der Waals surface area (Å²) in [6, 6.07) is 4.12. The molecule has 2 amide bonds. The summed E-state index contributed by atoms with van der Waals surface area (Å²) in [6.45, 7) is 3.69. The third kappa shape index (κ3) is 1.91. The molecule has 1 aromatic carbocycles. The van der Waals surface area contributed by atoms with E-state index in [1.807, 2.05) is 13.8 Å². The monoisotopic (exact) mass is 346 g/mol. The lowest BCUT2D eigenvalue weighted by Crippen LogP contribution is -2.40. The number of nitrogens with zero attached hydrogens (tertiary/aromatic N) is 2. The van der Waals surface area contributed by atoms with E-state index in [0.717, 1.165) is 4.90 Å². The molecule has 0 aromatic heterocycles. The fourth-order valence-corrected chi connectivity index (χ4v) is 4.67. The Balaban J connectivity index is 1.83. The molecule has 0 spiro atoms. The molecule has 3 aliphatic heterocycles. The summed E-state index contributed by atoms with van der Waals surface area (Å²) in [4.78, 5) is 37.9. The van der Waals surface area contributed by atoms with Crippen LogP contribution in [0.2, 0.25) is 0 Å². The summed E-state index contributed by atoms with van der Waals surface area (Å²) in [7, 11) is 1.39. The standard InChI is InChI=1S/C17H18N2O6/c1-16-6-7-17(2,25-16)13-12(16)14(20)18(15(13)21)10-5-4-9(24-3)8-11(10)19(22)23/h4-5,8,12-13H,6-7H2,1-3H3. The van der Waals surface area contributed by atoms with E-state index in [4.69, 9.17) is 9.47 Å². The van der Waals surface area contributed by atoms with Crippen molar-refractivity contribution < 1.29 is 24.0 Å². The predicted octanol–water partition coefficient (Wildman–Crippen LogP) is 2.05. The van der Waals surface area contributed by atoms with Gasteiger partial charge >= 0.3 is 0 Å². The van der Waals surface area contributed by atoms with E-state index < -0.39 is 39.8 Å². The first-order valence-electron chi connectivity index (χ1n) is 8.12. The fraction of sp³-hybridized carbons (Fsp3) is 0.529. The fourth-order valence-electron chi connectivity index (χ4n) is 4.67. The van der Waals surface area contributed by atoms with Crippen LogP contribution in [-0.4, -0.2) is 35.0 Å². The first-order chi connectivity index (χ1) is 11.7. The van der Waals surface area contributed by atoms with Crippen molar-refractivity contribution in [2.45, 2.75) is 37.9 Å². The molecule has 8 nitrogen and oxygen atoms in total. The highest BCUT2D eigenvalue weighted by Crippen LogP contribution is 2.61. The second-order valence-corrected chi connectivity index (χ2v) is 7.31. The number of ether oxygens (including phenoxy) is 2. The highest BCUT2D eigenvalue weighted by Gasteiger charge is 2.72. The molecule has 0 N–H and O–H groups in total. The Bertz CT molecular complexity index is 789. The number of imide groups is 1. The normalized spacial score (nSPS) is 36.0. The Labute approximate surface area is 143 Å².